The molecule has 21 heavy (non-hydrogen) atoms. The van der Waals surface area contributed by atoms with Gasteiger partial charge in [0.1, 0.15) is 11.4 Å². The summed E-state index contributed by atoms with van der Waals surface area (Å²) in [5.41, 5.74) is 8.31. The van der Waals surface area contributed by atoms with Crippen LogP contribution in [0.4, 0.5) is 11.6 Å². The molecule has 1 aliphatic rings. The van der Waals surface area contributed by atoms with Crippen LogP contribution in [0.1, 0.15) is 41.4 Å². The number of nitrogens with zero attached hydrogens (tertiary/aromatic N) is 4. The second-order valence-corrected chi connectivity index (χ2v) is 5.15. The molecule has 0 aliphatic heterocycles. The molecule has 0 radical (unpaired) electrons. The number of anilines is 1. The summed E-state index contributed by atoms with van der Waals surface area (Å²) in [6, 6.07) is 3.90. The lowest BCUT2D eigenvalue weighted by Gasteiger charge is -2.23. The Morgan fingerprint density at radius 1 is 1.38 bits per heavy atom. The summed E-state index contributed by atoms with van der Waals surface area (Å²) in [5, 5.41) is 11.4. The Kier molecular flexibility index (Phi) is 3.25. The molecule has 0 spiro atoms. The van der Waals surface area contributed by atoms with Crippen molar-refractivity contribution in [2.75, 3.05) is 5.73 Å². The minimum Gasteiger partial charge on any atom is -0.368 e. The van der Waals surface area contributed by atoms with E-state index in [9.17, 15) is 10.1 Å². The van der Waals surface area contributed by atoms with Crippen LogP contribution in [0, 0.1) is 17.0 Å². The fraction of sp³-hybridized carbons (Fsp3) is 0.357. The molecule has 2 aromatic heterocycles. The zero-order valence-electron chi connectivity index (χ0n) is 11.6. The number of pyridine rings is 1. The van der Waals surface area contributed by atoms with Crippen molar-refractivity contribution in [3.8, 4) is 0 Å². The van der Waals surface area contributed by atoms with Gasteiger partial charge in [-0.15, -0.1) is 0 Å². The zero-order chi connectivity index (χ0) is 15.0. The Hall–Kier alpha value is -2.57. The zero-order valence-corrected chi connectivity index (χ0v) is 11.6. The summed E-state index contributed by atoms with van der Waals surface area (Å²) in [7, 11) is 0. The van der Waals surface area contributed by atoms with E-state index in [1.807, 2.05) is 12.1 Å². The molecule has 0 aromatic carbocycles. The minimum absolute atomic E-state index is 0.0484. The summed E-state index contributed by atoms with van der Waals surface area (Å²) in [4.78, 5) is 23.4. The van der Waals surface area contributed by atoms with Crippen LogP contribution < -0.4 is 5.73 Å². The first-order chi connectivity index (χ1) is 10.1. The largest absolute Gasteiger partial charge is 0.368 e. The fourth-order valence-electron chi connectivity index (χ4n) is 2.96. The van der Waals surface area contributed by atoms with Crippen LogP contribution in [0.25, 0.3) is 0 Å². The molecule has 2 N–H and O–H groups in total. The Labute approximate surface area is 121 Å². The highest BCUT2D eigenvalue weighted by molar-refractivity contribution is 5.48. The SMILES string of the molecule is Cc1nc(N)nc(C2CCCc3cccnc32)c1[N+](=O)[O-]. The number of nitrogen functional groups attached to an aromatic ring is 1. The predicted molar refractivity (Wildman–Crippen MR) is 76.9 cm³/mol. The molecule has 0 bridgehead atoms. The Morgan fingerprint density at radius 3 is 2.95 bits per heavy atom. The van der Waals surface area contributed by atoms with E-state index >= 15 is 0 Å². The van der Waals surface area contributed by atoms with Gasteiger partial charge in [0.25, 0.3) is 0 Å². The summed E-state index contributed by atoms with van der Waals surface area (Å²) in [6.07, 6.45) is 4.37. The molecule has 2 heterocycles. The molecule has 108 valence electrons. The fourth-order valence-corrected chi connectivity index (χ4v) is 2.96. The summed E-state index contributed by atoms with van der Waals surface area (Å²) in [5.74, 6) is -0.129. The van der Waals surface area contributed by atoms with Gasteiger partial charge in [-0.3, -0.25) is 15.1 Å². The van der Waals surface area contributed by atoms with E-state index in [0.29, 0.717) is 11.4 Å². The van der Waals surface area contributed by atoms with Crippen molar-refractivity contribution in [2.45, 2.75) is 32.1 Å². The molecule has 7 nitrogen and oxygen atoms in total. The number of rotatable bonds is 2. The maximum absolute atomic E-state index is 11.4. The molecule has 3 rings (SSSR count). The van der Waals surface area contributed by atoms with Crippen LogP contribution in [0.3, 0.4) is 0 Å². The van der Waals surface area contributed by atoms with Crippen LogP contribution in [0.2, 0.25) is 0 Å². The topological polar surface area (TPSA) is 108 Å². The van der Waals surface area contributed by atoms with Gasteiger partial charge in [0.15, 0.2) is 0 Å². The van der Waals surface area contributed by atoms with Crippen molar-refractivity contribution in [2.24, 2.45) is 0 Å². The Bertz CT molecular complexity index is 717. The third-order valence-corrected chi connectivity index (χ3v) is 3.81. The Morgan fingerprint density at radius 2 is 2.19 bits per heavy atom. The molecular weight excluding hydrogens is 270 g/mol. The van der Waals surface area contributed by atoms with Gasteiger partial charge >= 0.3 is 5.69 Å². The first kappa shape index (κ1) is 13.4. The predicted octanol–water partition coefficient (Wildman–Crippen LogP) is 2.14. The van der Waals surface area contributed by atoms with Crippen molar-refractivity contribution >= 4 is 11.6 Å². The normalized spacial score (nSPS) is 17.3. The second-order valence-electron chi connectivity index (χ2n) is 5.15. The number of aromatic nitrogens is 3. The number of nitro groups is 1. The van der Waals surface area contributed by atoms with E-state index in [1.165, 1.54) is 0 Å². The average molecular weight is 285 g/mol. The number of aryl methyl sites for hydroxylation is 2. The standard InChI is InChI=1S/C14H15N5O2/c1-8-13(19(20)21)12(18-14(15)17-8)10-6-2-4-9-5-3-7-16-11(9)10/h3,5,7,10H,2,4,6H2,1H3,(H2,15,17,18). The molecule has 0 saturated carbocycles. The molecule has 2 aromatic rings. The smallest absolute Gasteiger partial charge is 0.312 e. The van der Waals surface area contributed by atoms with Gasteiger partial charge in [0.2, 0.25) is 5.95 Å². The molecule has 7 heteroatoms. The first-order valence-corrected chi connectivity index (χ1v) is 6.80. The highest BCUT2D eigenvalue weighted by atomic mass is 16.6. The van der Waals surface area contributed by atoms with Gasteiger partial charge in [-0.05, 0) is 37.8 Å². The maximum Gasteiger partial charge on any atom is 0.312 e. The van der Waals surface area contributed by atoms with Gasteiger partial charge < -0.3 is 5.73 Å². The van der Waals surface area contributed by atoms with E-state index in [-0.39, 0.29) is 17.6 Å². The van der Waals surface area contributed by atoms with E-state index in [2.05, 4.69) is 15.0 Å². The lowest BCUT2D eigenvalue weighted by Crippen LogP contribution is -2.17. The maximum atomic E-state index is 11.4. The van der Waals surface area contributed by atoms with Crippen molar-refractivity contribution in [1.29, 1.82) is 0 Å². The number of nitrogens with two attached hydrogens (primary N) is 1. The Balaban J connectivity index is 2.20. The molecule has 0 saturated heterocycles. The molecule has 1 aliphatic carbocycles. The van der Waals surface area contributed by atoms with Gasteiger partial charge in [-0.25, -0.2) is 9.97 Å². The van der Waals surface area contributed by atoms with Crippen molar-refractivity contribution < 1.29 is 4.92 Å². The van der Waals surface area contributed by atoms with Crippen LogP contribution in [-0.4, -0.2) is 19.9 Å². The van der Waals surface area contributed by atoms with Gasteiger partial charge in [0.05, 0.1) is 16.5 Å². The van der Waals surface area contributed by atoms with E-state index < -0.39 is 4.92 Å². The molecule has 0 fully saturated rings. The highest BCUT2D eigenvalue weighted by Gasteiger charge is 2.32. The van der Waals surface area contributed by atoms with E-state index in [0.717, 1.165) is 30.5 Å². The number of hydrogen-bond acceptors (Lipinski definition) is 6. The quantitative estimate of drug-likeness (QED) is 0.669. The molecular formula is C14H15N5O2. The average Bonchev–Trinajstić information content (AvgIpc) is 2.45. The van der Waals surface area contributed by atoms with Gasteiger partial charge in [0, 0.05) is 6.20 Å². The van der Waals surface area contributed by atoms with Gasteiger partial charge in [-0.2, -0.15) is 0 Å². The monoisotopic (exact) mass is 285 g/mol. The minimum atomic E-state index is -0.429. The van der Waals surface area contributed by atoms with Crippen molar-refractivity contribution in [3.63, 3.8) is 0 Å². The van der Waals surface area contributed by atoms with Gasteiger partial charge in [-0.1, -0.05) is 6.07 Å². The third-order valence-electron chi connectivity index (χ3n) is 3.81. The highest BCUT2D eigenvalue weighted by Crippen LogP contribution is 2.39. The van der Waals surface area contributed by atoms with Crippen LogP contribution in [0.5, 0.6) is 0 Å². The van der Waals surface area contributed by atoms with Crippen molar-refractivity contribution in [3.05, 3.63) is 51.1 Å². The van der Waals surface area contributed by atoms with Crippen LogP contribution in [-0.2, 0) is 6.42 Å². The molecule has 1 atom stereocenters. The lowest BCUT2D eigenvalue weighted by atomic mass is 9.84. The number of hydrogen-bond donors (Lipinski definition) is 1. The summed E-state index contributed by atoms with van der Waals surface area (Å²) in [6.45, 7) is 1.59. The van der Waals surface area contributed by atoms with Crippen LogP contribution in [0.15, 0.2) is 18.3 Å². The third kappa shape index (κ3) is 2.31. The van der Waals surface area contributed by atoms with Crippen LogP contribution >= 0.6 is 0 Å². The number of fused-ring (bicyclic) bond motifs is 1. The summed E-state index contributed by atoms with van der Waals surface area (Å²) >= 11 is 0. The molecule has 0 amide bonds. The first-order valence-electron chi connectivity index (χ1n) is 6.80. The second kappa shape index (κ2) is 5.08. The van der Waals surface area contributed by atoms with Crippen molar-refractivity contribution in [1.82, 2.24) is 15.0 Å². The van der Waals surface area contributed by atoms with E-state index in [4.69, 9.17) is 5.73 Å². The summed E-state index contributed by atoms with van der Waals surface area (Å²) < 4.78 is 0. The van der Waals surface area contributed by atoms with E-state index in [1.54, 1.807) is 13.1 Å². The lowest BCUT2D eigenvalue weighted by molar-refractivity contribution is -0.386. The molecule has 1 unspecified atom stereocenters.